The molecular formula is C15H16BrClN2O. The topological polar surface area (TPSA) is 47.3 Å². The van der Waals surface area contributed by atoms with Gasteiger partial charge in [-0.05, 0) is 36.2 Å². The van der Waals surface area contributed by atoms with Gasteiger partial charge >= 0.3 is 0 Å². The molecule has 2 aromatic carbocycles. The molecule has 2 aromatic rings. The number of ether oxygens (including phenoxy) is 1. The number of hydrogen-bond acceptors (Lipinski definition) is 3. The highest BCUT2D eigenvalue weighted by atomic mass is 79.9. The summed E-state index contributed by atoms with van der Waals surface area (Å²) in [7, 11) is 0. The van der Waals surface area contributed by atoms with E-state index in [9.17, 15) is 0 Å². The molecule has 20 heavy (non-hydrogen) atoms. The minimum atomic E-state index is 0.0210. The van der Waals surface area contributed by atoms with E-state index in [0.717, 1.165) is 16.6 Å². The third-order valence-corrected chi connectivity index (χ3v) is 3.92. The lowest BCUT2D eigenvalue weighted by atomic mass is 10.1. The Hall–Kier alpha value is -1.07. The molecule has 3 N–H and O–H groups in total. The summed E-state index contributed by atoms with van der Waals surface area (Å²) in [6.45, 7) is 0.470. The molecule has 0 saturated heterocycles. The molecule has 0 bridgehead atoms. The molecule has 0 fully saturated rings. The van der Waals surface area contributed by atoms with E-state index in [1.165, 1.54) is 5.56 Å². The molecule has 3 nitrogen and oxygen atoms in total. The van der Waals surface area contributed by atoms with Gasteiger partial charge in [0.15, 0.2) is 0 Å². The molecule has 2 rings (SSSR count). The summed E-state index contributed by atoms with van der Waals surface area (Å²) in [5.41, 5.74) is 3.97. The Morgan fingerprint density at radius 2 is 2.00 bits per heavy atom. The van der Waals surface area contributed by atoms with Crippen molar-refractivity contribution in [3.8, 4) is 5.75 Å². The number of halogens is 2. The monoisotopic (exact) mass is 354 g/mol. The number of nitrogens with two attached hydrogens (primary N) is 1. The molecule has 106 valence electrons. The molecule has 0 aliphatic carbocycles. The van der Waals surface area contributed by atoms with Gasteiger partial charge in [-0.1, -0.05) is 51.8 Å². The van der Waals surface area contributed by atoms with Crippen molar-refractivity contribution in [2.24, 2.45) is 5.84 Å². The van der Waals surface area contributed by atoms with Gasteiger partial charge in [-0.3, -0.25) is 11.3 Å². The summed E-state index contributed by atoms with van der Waals surface area (Å²) in [4.78, 5) is 0. The van der Waals surface area contributed by atoms with Crippen LogP contribution in [-0.4, -0.2) is 12.6 Å². The van der Waals surface area contributed by atoms with Crippen molar-refractivity contribution in [3.63, 3.8) is 0 Å². The Labute approximate surface area is 132 Å². The van der Waals surface area contributed by atoms with Crippen LogP contribution in [0.5, 0.6) is 5.75 Å². The maximum Gasteiger partial charge on any atom is 0.120 e. The first kappa shape index (κ1) is 15.3. The first-order valence-electron chi connectivity index (χ1n) is 6.27. The molecule has 0 radical (unpaired) electrons. The van der Waals surface area contributed by atoms with Gasteiger partial charge in [-0.15, -0.1) is 0 Å². The van der Waals surface area contributed by atoms with E-state index in [4.69, 9.17) is 22.2 Å². The second kappa shape index (κ2) is 7.64. The minimum Gasteiger partial charge on any atom is -0.492 e. The Balaban J connectivity index is 1.94. The molecule has 0 aliphatic heterocycles. The lowest BCUT2D eigenvalue weighted by Gasteiger charge is -2.17. The van der Waals surface area contributed by atoms with Crippen molar-refractivity contribution < 1.29 is 4.74 Å². The average molecular weight is 356 g/mol. The van der Waals surface area contributed by atoms with Crippen LogP contribution in [0.1, 0.15) is 5.56 Å². The molecule has 1 unspecified atom stereocenters. The van der Waals surface area contributed by atoms with Gasteiger partial charge in [0.1, 0.15) is 12.4 Å². The number of hydrazine groups is 1. The van der Waals surface area contributed by atoms with E-state index < -0.39 is 0 Å². The van der Waals surface area contributed by atoms with Crippen LogP contribution in [-0.2, 0) is 6.42 Å². The zero-order chi connectivity index (χ0) is 14.4. The van der Waals surface area contributed by atoms with Gasteiger partial charge in [0.05, 0.1) is 6.04 Å². The van der Waals surface area contributed by atoms with E-state index in [-0.39, 0.29) is 6.04 Å². The van der Waals surface area contributed by atoms with Crippen LogP contribution in [0, 0.1) is 0 Å². The summed E-state index contributed by atoms with van der Waals surface area (Å²) in [5.74, 6) is 6.33. The Kier molecular flexibility index (Phi) is 5.86. The predicted octanol–water partition coefficient (Wildman–Crippen LogP) is 3.56. The smallest absolute Gasteiger partial charge is 0.120 e. The van der Waals surface area contributed by atoms with Crippen molar-refractivity contribution in [2.45, 2.75) is 12.5 Å². The maximum atomic E-state index is 5.92. The molecule has 1 atom stereocenters. The van der Waals surface area contributed by atoms with E-state index in [0.29, 0.717) is 11.6 Å². The van der Waals surface area contributed by atoms with Crippen LogP contribution in [0.15, 0.2) is 53.0 Å². The SMILES string of the molecule is NNC(COc1cccc(Cl)c1)Cc1ccccc1Br. The zero-order valence-electron chi connectivity index (χ0n) is 10.9. The van der Waals surface area contributed by atoms with Crippen LogP contribution < -0.4 is 16.0 Å². The van der Waals surface area contributed by atoms with Gasteiger partial charge in [-0.25, -0.2) is 0 Å². The molecule has 0 aromatic heterocycles. The van der Waals surface area contributed by atoms with Crippen molar-refractivity contribution >= 4 is 27.5 Å². The number of hydrogen-bond donors (Lipinski definition) is 2. The van der Waals surface area contributed by atoms with Gasteiger partial charge < -0.3 is 4.74 Å². The van der Waals surface area contributed by atoms with E-state index >= 15 is 0 Å². The highest BCUT2D eigenvalue weighted by Crippen LogP contribution is 2.19. The number of benzene rings is 2. The van der Waals surface area contributed by atoms with Gasteiger partial charge in [0.2, 0.25) is 0 Å². The predicted molar refractivity (Wildman–Crippen MR) is 85.9 cm³/mol. The van der Waals surface area contributed by atoms with Crippen LogP contribution in [0.2, 0.25) is 5.02 Å². The first-order valence-corrected chi connectivity index (χ1v) is 7.44. The first-order chi connectivity index (χ1) is 9.69. The quantitative estimate of drug-likeness (QED) is 0.615. The Morgan fingerprint density at radius 3 is 2.70 bits per heavy atom. The standard InChI is InChI=1S/C15H16BrClN2O/c16-15-7-2-1-4-11(15)8-13(19-18)10-20-14-6-3-5-12(17)9-14/h1-7,9,13,19H,8,10,18H2. The molecule has 5 heteroatoms. The molecule has 0 amide bonds. The fourth-order valence-corrected chi connectivity index (χ4v) is 2.48. The molecule has 0 heterocycles. The normalized spacial score (nSPS) is 12.2. The lowest BCUT2D eigenvalue weighted by Crippen LogP contribution is -2.41. The maximum absolute atomic E-state index is 5.92. The van der Waals surface area contributed by atoms with Crippen LogP contribution in [0.3, 0.4) is 0 Å². The summed E-state index contributed by atoms with van der Waals surface area (Å²) >= 11 is 9.45. The van der Waals surface area contributed by atoms with E-state index in [2.05, 4.69) is 27.4 Å². The van der Waals surface area contributed by atoms with Crippen molar-refractivity contribution in [2.75, 3.05) is 6.61 Å². The summed E-state index contributed by atoms with van der Waals surface area (Å²) in [6.07, 6.45) is 0.776. The van der Waals surface area contributed by atoms with Crippen molar-refractivity contribution in [3.05, 3.63) is 63.6 Å². The lowest BCUT2D eigenvalue weighted by molar-refractivity contribution is 0.264. The van der Waals surface area contributed by atoms with Crippen molar-refractivity contribution in [1.82, 2.24) is 5.43 Å². The summed E-state index contributed by atoms with van der Waals surface area (Å²) in [5, 5.41) is 0.658. The summed E-state index contributed by atoms with van der Waals surface area (Å²) < 4.78 is 6.78. The Morgan fingerprint density at radius 1 is 1.20 bits per heavy atom. The molecule has 0 aliphatic rings. The fourth-order valence-electron chi connectivity index (χ4n) is 1.85. The van der Waals surface area contributed by atoms with Gasteiger partial charge in [-0.2, -0.15) is 0 Å². The van der Waals surface area contributed by atoms with Gasteiger partial charge in [0, 0.05) is 9.50 Å². The summed E-state index contributed by atoms with van der Waals surface area (Å²) in [6, 6.07) is 15.4. The highest BCUT2D eigenvalue weighted by molar-refractivity contribution is 9.10. The van der Waals surface area contributed by atoms with E-state index in [1.54, 1.807) is 6.07 Å². The highest BCUT2D eigenvalue weighted by Gasteiger charge is 2.11. The number of rotatable bonds is 6. The zero-order valence-corrected chi connectivity index (χ0v) is 13.2. The van der Waals surface area contributed by atoms with Gasteiger partial charge in [0.25, 0.3) is 0 Å². The molecular weight excluding hydrogens is 340 g/mol. The Bertz CT molecular complexity index is 565. The second-order valence-electron chi connectivity index (χ2n) is 4.43. The largest absolute Gasteiger partial charge is 0.492 e. The fraction of sp³-hybridized carbons (Fsp3) is 0.200. The third-order valence-electron chi connectivity index (χ3n) is 2.91. The molecule has 0 spiro atoms. The minimum absolute atomic E-state index is 0.0210. The number of nitrogens with one attached hydrogen (secondary N) is 1. The van der Waals surface area contributed by atoms with Crippen LogP contribution in [0.4, 0.5) is 0 Å². The van der Waals surface area contributed by atoms with Crippen LogP contribution >= 0.6 is 27.5 Å². The van der Waals surface area contributed by atoms with Crippen molar-refractivity contribution in [1.29, 1.82) is 0 Å². The van der Waals surface area contributed by atoms with E-state index in [1.807, 2.05) is 36.4 Å². The third kappa shape index (κ3) is 4.49. The van der Waals surface area contributed by atoms with Crippen LogP contribution in [0.25, 0.3) is 0 Å². The molecule has 0 saturated carbocycles. The average Bonchev–Trinajstić information content (AvgIpc) is 2.45. The second-order valence-corrected chi connectivity index (χ2v) is 5.72.